The number of thiazole rings is 1. The minimum atomic E-state index is -0.521. The van der Waals surface area contributed by atoms with Crippen LogP contribution in [0, 0.1) is 10.1 Å². The van der Waals surface area contributed by atoms with Crippen molar-refractivity contribution >= 4 is 28.0 Å². The lowest BCUT2D eigenvalue weighted by atomic mass is 10.2. The maximum Gasteiger partial charge on any atom is 0.393 e. The summed E-state index contributed by atoms with van der Waals surface area (Å²) in [5.41, 5.74) is 0.578. The van der Waals surface area contributed by atoms with E-state index >= 15 is 0 Å². The van der Waals surface area contributed by atoms with Crippen molar-refractivity contribution in [3.63, 3.8) is 0 Å². The molecule has 1 aromatic carbocycles. The minimum absolute atomic E-state index is 0.00228. The number of carbonyl (C=O) groups excluding carboxylic acids is 1. The van der Waals surface area contributed by atoms with Gasteiger partial charge in [0.15, 0.2) is 0 Å². The Hall–Kier alpha value is -2.94. The number of aromatic nitrogens is 2. The van der Waals surface area contributed by atoms with E-state index in [1.165, 1.54) is 15.7 Å². The van der Waals surface area contributed by atoms with E-state index in [1.54, 1.807) is 35.8 Å². The van der Waals surface area contributed by atoms with Crippen molar-refractivity contribution < 1.29 is 14.5 Å². The van der Waals surface area contributed by atoms with Crippen LogP contribution in [0.5, 0.6) is 11.6 Å². The number of amides is 1. The molecule has 25 heavy (non-hydrogen) atoms. The fraction of sp³-hybridized carbons (Fsp3) is 0.250. The maximum absolute atomic E-state index is 12.3. The Morgan fingerprint density at radius 2 is 1.96 bits per heavy atom. The molecule has 0 bridgehead atoms. The van der Waals surface area contributed by atoms with Crippen LogP contribution < -0.4 is 4.74 Å². The van der Waals surface area contributed by atoms with Crippen LogP contribution >= 0.6 is 11.3 Å². The van der Waals surface area contributed by atoms with E-state index in [1.807, 2.05) is 4.90 Å². The molecule has 3 aromatic rings. The van der Waals surface area contributed by atoms with Gasteiger partial charge in [-0.2, -0.15) is 9.38 Å². The fourth-order valence-corrected chi connectivity index (χ4v) is 3.57. The second kappa shape index (κ2) is 6.17. The van der Waals surface area contributed by atoms with Crippen molar-refractivity contribution in [2.24, 2.45) is 0 Å². The van der Waals surface area contributed by atoms with E-state index in [4.69, 9.17) is 4.74 Å². The van der Waals surface area contributed by atoms with Gasteiger partial charge < -0.3 is 19.8 Å². The number of nitrogens with zero attached hydrogens (tertiary/aromatic N) is 4. The second-order valence-electron chi connectivity index (χ2n) is 5.68. The molecule has 8 nitrogen and oxygen atoms in total. The topological polar surface area (TPSA) is 90.0 Å². The minimum Gasteiger partial charge on any atom is -0.433 e. The van der Waals surface area contributed by atoms with E-state index in [9.17, 15) is 14.9 Å². The first-order valence-electron chi connectivity index (χ1n) is 7.80. The smallest absolute Gasteiger partial charge is 0.393 e. The summed E-state index contributed by atoms with van der Waals surface area (Å²) in [6, 6.07) is 6.58. The van der Waals surface area contributed by atoms with Crippen molar-refractivity contribution in [1.82, 2.24) is 14.3 Å². The number of likely N-dealkylation sites (tertiary alicyclic amines) is 1. The van der Waals surface area contributed by atoms with Crippen molar-refractivity contribution in [2.75, 3.05) is 13.1 Å². The summed E-state index contributed by atoms with van der Waals surface area (Å²) in [5, 5.41) is 13.0. The number of ether oxygens (including phenoxy) is 1. The van der Waals surface area contributed by atoms with Gasteiger partial charge in [-0.25, -0.2) is 0 Å². The zero-order chi connectivity index (χ0) is 17.4. The van der Waals surface area contributed by atoms with Gasteiger partial charge in [-0.1, -0.05) is 11.3 Å². The standard InChI is InChI=1S/C16H14N4O4S/c21-15(18-7-1-2-8-18)11-3-5-12(6-4-11)24-13-14(20(22)23)19-9-10-25-16(19)17-13/h3-6,9-10H,1-2,7-8H2. The SMILES string of the molecule is O=C(c1ccc(Oc2nc3sccn3c2[N+](=O)[O-])cc1)N1CCCC1. The van der Waals surface area contributed by atoms with Crippen LogP contribution in [0.1, 0.15) is 23.2 Å². The first-order valence-corrected chi connectivity index (χ1v) is 8.68. The average Bonchev–Trinajstić information content (AvgIpc) is 3.31. The van der Waals surface area contributed by atoms with Gasteiger partial charge in [-0.15, -0.1) is 0 Å². The van der Waals surface area contributed by atoms with Gasteiger partial charge in [0.2, 0.25) is 0 Å². The summed E-state index contributed by atoms with van der Waals surface area (Å²) in [4.78, 5) is 29.6. The van der Waals surface area contributed by atoms with Crippen LogP contribution in [0.15, 0.2) is 35.8 Å². The predicted octanol–water partition coefficient (Wildman–Crippen LogP) is 3.33. The van der Waals surface area contributed by atoms with Crippen molar-refractivity contribution in [1.29, 1.82) is 0 Å². The highest BCUT2D eigenvalue weighted by molar-refractivity contribution is 7.15. The number of carbonyl (C=O) groups is 1. The Morgan fingerprint density at radius 3 is 2.64 bits per heavy atom. The van der Waals surface area contributed by atoms with Crippen LogP contribution in [0.25, 0.3) is 4.96 Å². The number of benzene rings is 1. The number of nitro groups is 1. The van der Waals surface area contributed by atoms with E-state index in [2.05, 4.69) is 4.98 Å². The molecule has 0 saturated carbocycles. The molecule has 9 heteroatoms. The molecule has 1 amide bonds. The molecule has 0 spiro atoms. The zero-order valence-electron chi connectivity index (χ0n) is 13.1. The lowest BCUT2D eigenvalue weighted by molar-refractivity contribution is -0.391. The third kappa shape index (κ3) is 2.82. The molecule has 2 aromatic heterocycles. The summed E-state index contributed by atoms with van der Waals surface area (Å²) in [6.07, 6.45) is 3.65. The first kappa shape index (κ1) is 15.6. The number of imidazole rings is 1. The number of hydrogen-bond donors (Lipinski definition) is 0. The molecule has 3 heterocycles. The molecular weight excluding hydrogens is 344 g/mol. The highest BCUT2D eigenvalue weighted by Gasteiger charge is 2.26. The zero-order valence-corrected chi connectivity index (χ0v) is 13.9. The van der Waals surface area contributed by atoms with E-state index in [-0.39, 0.29) is 17.6 Å². The number of rotatable bonds is 4. The van der Waals surface area contributed by atoms with Gasteiger partial charge in [-0.05, 0) is 42.0 Å². The first-order chi connectivity index (χ1) is 12.1. The molecule has 1 aliphatic rings. The monoisotopic (exact) mass is 358 g/mol. The van der Waals surface area contributed by atoms with Crippen LogP contribution in [0.3, 0.4) is 0 Å². The van der Waals surface area contributed by atoms with Gasteiger partial charge >= 0.3 is 11.7 Å². The molecule has 128 valence electrons. The summed E-state index contributed by atoms with van der Waals surface area (Å²) >= 11 is 1.29. The third-order valence-corrected chi connectivity index (χ3v) is 4.84. The quantitative estimate of drug-likeness (QED) is 0.527. The average molecular weight is 358 g/mol. The summed E-state index contributed by atoms with van der Waals surface area (Å²) in [7, 11) is 0. The van der Waals surface area contributed by atoms with Crippen LogP contribution in [0.4, 0.5) is 5.82 Å². The van der Waals surface area contributed by atoms with E-state index in [0.29, 0.717) is 16.3 Å². The molecular formula is C16H14N4O4S. The summed E-state index contributed by atoms with van der Waals surface area (Å²) in [6.45, 7) is 1.57. The van der Waals surface area contributed by atoms with Crippen molar-refractivity contribution in [3.8, 4) is 11.6 Å². The predicted molar refractivity (Wildman–Crippen MR) is 91.4 cm³/mol. The molecule has 0 aliphatic carbocycles. The van der Waals surface area contributed by atoms with Gasteiger partial charge in [-0.3, -0.25) is 4.79 Å². The highest BCUT2D eigenvalue weighted by atomic mass is 32.1. The molecule has 0 atom stereocenters. The lowest BCUT2D eigenvalue weighted by Crippen LogP contribution is -2.27. The number of hydrogen-bond acceptors (Lipinski definition) is 6. The summed E-state index contributed by atoms with van der Waals surface area (Å²) < 4.78 is 6.96. The maximum atomic E-state index is 12.3. The highest BCUT2D eigenvalue weighted by Crippen LogP contribution is 2.33. The number of fused-ring (bicyclic) bond motifs is 1. The Morgan fingerprint density at radius 1 is 1.24 bits per heavy atom. The van der Waals surface area contributed by atoms with E-state index < -0.39 is 4.92 Å². The van der Waals surface area contributed by atoms with E-state index in [0.717, 1.165) is 25.9 Å². The summed E-state index contributed by atoms with van der Waals surface area (Å²) in [5.74, 6) is 0.119. The molecule has 0 radical (unpaired) electrons. The molecule has 0 unspecified atom stereocenters. The van der Waals surface area contributed by atoms with Crippen molar-refractivity contribution in [2.45, 2.75) is 12.8 Å². The van der Waals surface area contributed by atoms with Crippen LogP contribution in [0.2, 0.25) is 0 Å². The Labute approximate surface area is 146 Å². The molecule has 1 fully saturated rings. The van der Waals surface area contributed by atoms with Crippen LogP contribution in [-0.2, 0) is 0 Å². The van der Waals surface area contributed by atoms with Gasteiger partial charge in [0.05, 0.1) is 0 Å². The van der Waals surface area contributed by atoms with Gasteiger partial charge in [0.1, 0.15) is 11.9 Å². The van der Waals surface area contributed by atoms with Crippen molar-refractivity contribution in [3.05, 3.63) is 51.5 Å². The van der Waals surface area contributed by atoms with Crippen LogP contribution in [-0.4, -0.2) is 38.2 Å². The Balaban J connectivity index is 1.57. The van der Waals surface area contributed by atoms with Gasteiger partial charge in [0, 0.05) is 24.0 Å². The third-order valence-electron chi connectivity index (χ3n) is 4.09. The second-order valence-corrected chi connectivity index (χ2v) is 6.55. The fourth-order valence-electron chi connectivity index (χ4n) is 2.87. The normalized spacial score (nSPS) is 14.2. The molecule has 4 rings (SSSR count). The Kier molecular flexibility index (Phi) is 3.85. The molecule has 1 saturated heterocycles. The molecule has 0 N–H and O–H groups in total. The largest absolute Gasteiger partial charge is 0.433 e. The Bertz CT molecular complexity index is 941. The molecule has 1 aliphatic heterocycles. The van der Waals surface area contributed by atoms with Gasteiger partial charge in [0.25, 0.3) is 10.9 Å². The lowest BCUT2D eigenvalue weighted by Gasteiger charge is -2.15.